The molecule has 2 amide bonds. The second-order valence-corrected chi connectivity index (χ2v) is 8.33. The first-order chi connectivity index (χ1) is 16.0. The molecule has 1 saturated heterocycles. The molecule has 0 aliphatic carbocycles. The fourth-order valence-corrected chi connectivity index (χ4v) is 3.69. The zero-order chi connectivity index (χ0) is 24.6. The number of nitrogens with one attached hydrogen (secondary N) is 2. The van der Waals surface area contributed by atoms with Gasteiger partial charge in [0.05, 0.1) is 29.7 Å². The summed E-state index contributed by atoms with van der Waals surface area (Å²) in [5.41, 5.74) is 0.324. The number of hydrogen-bond acceptors (Lipinski definition) is 5. The molecule has 3 aromatic rings. The number of pyridine rings is 1. The van der Waals surface area contributed by atoms with Crippen LogP contribution < -0.4 is 15.4 Å². The van der Waals surface area contributed by atoms with Gasteiger partial charge in [0.2, 0.25) is 11.8 Å². The highest BCUT2D eigenvalue weighted by Crippen LogP contribution is 2.33. The lowest BCUT2D eigenvalue weighted by atomic mass is 9.97. The predicted molar refractivity (Wildman–Crippen MR) is 116 cm³/mol. The summed E-state index contributed by atoms with van der Waals surface area (Å²) in [5, 5.41) is 9.43. The van der Waals surface area contributed by atoms with Crippen LogP contribution in [0.15, 0.2) is 42.7 Å². The number of anilines is 1. The van der Waals surface area contributed by atoms with E-state index in [0.29, 0.717) is 0 Å². The van der Waals surface area contributed by atoms with Crippen molar-refractivity contribution in [3.63, 3.8) is 0 Å². The van der Waals surface area contributed by atoms with Crippen molar-refractivity contribution in [2.75, 3.05) is 11.9 Å². The number of carbonyl (C=O) groups excluding carboxylic acids is 2. The molecule has 1 aliphatic rings. The van der Waals surface area contributed by atoms with E-state index < -0.39 is 41.0 Å². The maximum absolute atomic E-state index is 14.2. The molecule has 0 radical (unpaired) electrons. The van der Waals surface area contributed by atoms with Gasteiger partial charge >= 0.3 is 5.85 Å². The van der Waals surface area contributed by atoms with Gasteiger partial charge in [-0.25, -0.2) is 13.5 Å². The standard InChI is InChI=1S/C21H18F4N5O3P/c1-10-16(9-27-19(10)31)20(32)28-18-6-17(30(29-18)14-4-13(23)7-26-8-14)11-2-12(22)5-15(3-11)33-21(24,25)34/h2-8,10,16H,9,34H2,1H3,(H,27,31)(H,28,29,32)/t10-,16+/m1/s1. The second-order valence-electron chi connectivity index (χ2n) is 7.66. The van der Waals surface area contributed by atoms with E-state index in [9.17, 15) is 27.2 Å². The van der Waals surface area contributed by atoms with Gasteiger partial charge in [-0.1, -0.05) is 6.92 Å². The average molecular weight is 495 g/mol. The Labute approximate surface area is 192 Å². The lowest BCUT2D eigenvalue weighted by Gasteiger charge is -2.14. The molecule has 2 N–H and O–H groups in total. The van der Waals surface area contributed by atoms with Crippen LogP contribution in [0.5, 0.6) is 5.75 Å². The van der Waals surface area contributed by atoms with Crippen LogP contribution in [0.2, 0.25) is 0 Å². The summed E-state index contributed by atoms with van der Waals surface area (Å²) in [4.78, 5) is 28.2. The number of halogens is 4. The lowest BCUT2D eigenvalue weighted by molar-refractivity contribution is -0.126. The Balaban J connectivity index is 1.75. The molecule has 3 atom stereocenters. The van der Waals surface area contributed by atoms with Crippen molar-refractivity contribution < 1.29 is 31.9 Å². The summed E-state index contributed by atoms with van der Waals surface area (Å²) in [6.45, 7) is 1.77. The fraction of sp³-hybridized carbons (Fsp3) is 0.238. The Kier molecular flexibility index (Phi) is 6.26. The Hall–Kier alpha value is -3.53. The zero-order valence-electron chi connectivity index (χ0n) is 17.6. The van der Waals surface area contributed by atoms with Crippen molar-refractivity contribution >= 4 is 26.9 Å². The number of amides is 2. The molecule has 0 spiro atoms. The van der Waals surface area contributed by atoms with Gasteiger partial charge in [0.25, 0.3) is 0 Å². The molecule has 1 aromatic carbocycles. The van der Waals surface area contributed by atoms with Gasteiger partial charge in [0.15, 0.2) is 5.82 Å². The average Bonchev–Trinajstić information content (AvgIpc) is 3.30. The third-order valence-electron chi connectivity index (χ3n) is 5.17. The monoisotopic (exact) mass is 495 g/mol. The third kappa shape index (κ3) is 5.17. The predicted octanol–water partition coefficient (Wildman–Crippen LogP) is 3.34. The minimum absolute atomic E-state index is 0.0129. The van der Waals surface area contributed by atoms with Crippen LogP contribution >= 0.6 is 9.24 Å². The number of nitrogens with zero attached hydrogens (tertiary/aromatic N) is 3. The molecule has 13 heteroatoms. The molecule has 1 fully saturated rings. The Morgan fingerprint density at radius 1 is 1.21 bits per heavy atom. The van der Waals surface area contributed by atoms with Crippen LogP contribution in [0.25, 0.3) is 16.9 Å². The van der Waals surface area contributed by atoms with Gasteiger partial charge in [-0.05, 0) is 21.4 Å². The highest BCUT2D eigenvalue weighted by Gasteiger charge is 2.36. The van der Waals surface area contributed by atoms with Gasteiger partial charge in [0.1, 0.15) is 17.4 Å². The minimum atomic E-state index is -3.64. The van der Waals surface area contributed by atoms with Crippen LogP contribution in [-0.4, -0.2) is 39.0 Å². The van der Waals surface area contributed by atoms with Crippen LogP contribution in [0.3, 0.4) is 0 Å². The third-order valence-corrected chi connectivity index (χ3v) is 5.28. The number of ether oxygens (including phenoxy) is 1. The first-order valence-electron chi connectivity index (χ1n) is 9.96. The zero-order valence-corrected chi connectivity index (χ0v) is 18.7. The smallest absolute Gasteiger partial charge is 0.408 e. The van der Waals surface area contributed by atoms with Crippen molar-refractivity contribution in [3.8, 4) is 22.7 Å². The van der Waals surface area contributed by atoms with E-state index >= 15 is 0 Å². The van der Waals surface area contributed by atoms with Crippen molar-refractivity contribution in [1.29, 1.82) is 0 Å². The molecule has 2 aromatic heterocycles. The summed E-state index contributed by atoms with van der Waals surface area (Å²) < 4.78 is 60.3. The summed E-state index contributed by atoms with van der Waals surface area (Å²) in [6.07, 6.45) is 2.25. The molecule has 0 saturated carbocycles. The van der Waals surface area contributed by atoms with Crippen molar-refractivity contribution in [2.24, 2.45) is 11.8 Å². The first kappa shape index (κ1) is 23.6. The van der Waals surface area contributed by atoms with Crippen LogP contribution in [0.4, 0.5) is 23.4 Å². The van der Waals surface area contributed by atoms with Crippen molar-refractivity contribution in [1.82, 2.24) is 20.1 Å². The van der Waals surface area contributed by atoms with E-state index in [0.717, 1.165) is 30.5 Å². The summed E-state index contributed by atoms with van der Waals surface area (Å²) in [7, 11) is 1.19. The molecule has 1 unspecified atom stereocenters. The number of carbonyl (C=O) groups is 2. The Morgan fingerprint density at radius 3 is 2.62 bits per heavy atom. The second kappa shape index (κ2) is 9.02. The Morgan fingerprint density at radius 2 is 1.97 bits per heavy atom. The van der Waals surface area contributed by atoms with Gasteiger partial charge in [-0.3, -0.25) is 14.6 Å². The van der Waals surface area contributed by atoms with Gasteiger partial charge in [-0.15, -0.1) is 5.10 Å². The van der Waals surface area contributed by atoms with E-state index in [-0.39, 0.29) is 35.2 Å². The minimum Gasteiger partial charge on any atom is -0.430 e. The lowest BCUT2D eigenvalue weighted by Crippen LogP contribution is -2.28. The molecule has 178 valence electrons. The van der Waals surface area contributed by atoms with E-state index in [1.54, 1.807) is 6.92 Å². The van der Waals surface area contributed by atoms with E-state index in [2.05, 4.69) is 25.5 Å². The van der Waals surface area contributed by atoms with E-state index in [4.69, 9.17) is 0 Å². The molecule has 1 aliphatic heterocycles. The molecule has 3 heterocycles. The molecular weight excluding hydrogens is 477 g/mol. The molecule has 4 rings (SSSR count). The van der Waals surface area contributed by atoms with Gasteiger partial charge in [0, 0.05) is 36.2 Å². The first-order valence-corrected chi connectivity index (χ1v) is 10.5. The normalized spacial score (nSPS) is 18.0. The SMILES string of the molecule is C[C@H]1C(=O)NC[C@@H]1C(=O)Nc1cc(-c2cc(F)cc(OC(F)(F)P)c2)n(-c2cncc(F)c2)n1. The van der Waals surface area contributed by atoms with Crippen molar-refractivity contribution in [2.45, 2.75) is 12.8 Å². The van der Waals surface area contributed by atoms with Gasteiger partial charge in [-0.2, -0.15) is 8.78 Å². The molecule has 34 heavy (non-hydrogen) atoms. The van der Waals surface area contributed by atoms with Gasteiger partial charge < -0.3 is 15.4 Å². The van der Waals surface area contributed by atoms with Crippen molar-refractivity contribution in [3.05, 3.63) is 54.4 Å². The molecule has 0 bridgehead atoms. The summed E-state index contributed by atoms with van der Waals surface area (Å²) in [6, 6.07) is 5.43. The van der Waals surface area contributed by atoms with Crippen LogP contribution in [0.1, 0.15) is 6.92 Å². The van der Waals surface area contributed by atoms with E-state index in [1.807, 2.05) is 0 Å². The number of aromatic nitrogens is 3. The summed E-state index contributed by atoms with van der Waals surface area (Å²) in [5.74, 6) is -7.57. The number of benzene rings is 1. The van der Waals surface area contributed by atoms with E-state index in [1.165, 1.54) is 26.2 Å². The summed E-state index contributed by atoms with van der Waals surface area (Å²) >= 11 is 0. The maximum atomic E-state index is 14.2. The van der Waals surface area contributed by atoms with Crippen LogP contribution in [-0.2, 0) is 9.59 Å². The molecule has 8 nitrogen and oxygen atoms in total. The number of rotatable bonds is 6. The largest absolute Gasteiger partial charge is 0.430 e. The number of hydrogen-bond donors (Lipinski definition) is 2. The quantitative estimate of drug-likeness (QED) is 0.404. The number of alkyl halides is 2. The fourth-order valence-electron chi connectivity index (χ4n) is 3.56. The molecular formula is C21H18F4N5O3P. The highest BCUT2D eigenvalue weighted by atomic mass is 31.0. The van der Waals surface area contributed by atoms with Crippen LogP contribution in [0, 0.1) is 23.5 Å². The topological polar surface area (TPSA) is 98.1 Å². The Bertz CT molecular complexity index is 1260. The highest BCUT2D eigenvalue weighted by molar-refractivity contribution is 7.17. The maximum Gasteiger partial charge on any atom is 0.408 e.